The maximum atomic E-state index is 14.4. The molecule has 0 fully saturated rings. The van der Waals surface area contributed by atoms with Gasteiger partial charge in [-0.3, -0.25) is 9.59 Å². The molecule has 1 aromatic heterocycles. The number of fused-ring (bicyclic) bond motifs is 1. The lowest BCUT2D eigenvalue weighted by Gasteiger charge is -2.37. The van der Waals surface area contributed by atoms with Gasteiger partial charge in [-0.2, -0.15) is 0 Å². The van der Waals surface area contributed by atoms with Gasteiger partial charge in [-0.15, -0.1) is 0 Å². The van der Waals surface area contributed by atoms with Gasteiger partial charge >= 0.3 is 0 Å². The lowest BCUT2D eigenvalue weighted by molar-refractivity contribution is -0.135. The SMILES string of the molecule is COCC(=O)N(C)C[C@@H]1Oc2ncc(-c3ccccc3F)cc2C(=O)N([C@H](C)CO)C[C@@H]1C. The number of carbonyl (C=O) groups is 2. The van der Waals surface area contributed by atoms with Gasteiger partial charge in [0.1, 0.15) is 24.1 Å². The molecule has 3 atom stereocenters. The minimum Gasteiger partial charge on any atom is -0.472 e. The topological polar surface area (TPSA) is 92.2 Å². The molecule has 8 nitrogen and oxygen atoms in total. The number of pyridine rings is 1. The van der Waals surface area contributed by atoms with Gasteiger partial charge in [-0.1, -0.05) is 25.1 Å². The first-order chi connectivity index (χ1) is 15.8. The largest absolute Gasteiger partial charge is 0.472 e. The maximum absolute atomic E-state index is 14.4. The highest BCUT2D eigenvalue weighted by Crippen LogP contribution is 2.31. The molecular weight excluding hydrogens is 429 g/mol. The zero-order valence-electron chi connectivity index (χ0n) is 19.3. The van der Waals surface area contributed by atoms with Crippen LogP contribution >= 0.6 is 0 Å². The average molecular weight is 460 g/mol. The summed E-state index contributed by atoms with van der Waals surface area (Å²) in [5.41, 5.74) is 0.941. The number of aromatic nitrogens is 1. The number of aliphatic hydroxyl groups is 1. The van der Waals surface area contributed by atoms with E-state index in [0.717, 1.165) is 0 Å². The number of likely N-dealkylation sites (N-methyl/N-ethyl adjacent to an activating group) is 1. The van der Waals surface area contributed by atoms with E-state index in [4.69, 9.17) is 9.47 Å². The van der Waals surface area contributed by atoms with E-state index in [2.05, 4.69) is 4.98 Å². The molecule has 0 spiro atoms. The lowest BCUT2D eigenvalue weighted by Crippen LogP contribution is -2.50. The number of halogens is 1. The number of rotatable bonds is 7. The van der Waals surface area contributed by atoms with E-state index in [0.29, 0.717) is 17.7 Å². The molecule has 1 aliphatic rings. The molecule has 2 amide bonds. The third-order valence-corrected chi connectivity index (χ3v) is 5.85. The molecule has 1 N–H and O–H groups in total. The zero-order chi connectivity index (χ0) is 24.1. The van der Waals surface area contributed by atoms with E-state index >= 15 is 0 Å². The molecule has 2 heterocycles. The van der Waals surface area contributed by atoms with Crippen LogP contribution < -0.4 is 4.74 Å². The molecule has 1 aromatic carbocycles. The van der Waals surface area contributed by atoms with Crippen molar-refractivity contribution in [3.05, 3.63) is 47.9 Å². The van der Waals surface area contributed by atoms with E-state index in [1.165, 1.54) is 24.3 Å². The number of nitrogens with zero attached hydrogens (tertiary/aromatic N) is 3. The molecule has 0 unspecified atom stereocenters. The Hall–Kier alpha value is -3.04. The van der Waals surface area contributed by atoms with E-state index < -0.39 is 18.0 Å². The van der Waals surface area contributed by atoms with Crippen LogP contribution in [-0.2, 0) is 9.53 Å². The first kappa shape index (κ1) is 24.6. The molecule has 33 heavy (non-hydrogen) atoms. The molecule has 0 saturated carbocycles. The van der Waals surface area contributed by atoms with E-state index in [9.17, 15) is 19.1 Å². The first-order valence-corrected chi connectivity index (χ1v) is 10.8. The number of aliphatic hydroxyl groups excluding tert-OH is 1. The third-order valence-electron chi connectivity index (χ3n) is 5.85. The predicted molar refractivity (Wildman–Crippen MR) is 120 cm³/mol. The number of hydrogen-bond acceptors (Lipinski definition) is 6. The quantitative estimate of drug-likeness (QED) is 0.683. The predicted octanol–water partition coefficient (Wildman–Crippen LogP) is 2.21. The molecule has 1 aliphatic heterocycles. The van der Waals surface area contributed by atoms with Crippen LogP contribution in [0.2, 0.25) is 0 Å². The van der Waals surface area contributed by atoms with Gasteiger partial charge in [0, 0.05) is 43.9 Å². The first-order valence-electron chi connectivity index (χ1n) is 10.8. The Bertz CT molecular complexity index is 1000. The van der Waals surface area contributed by atoms with Crippen LogP contribution in [0.4, 0.5) is 4.39 Å². The van der Waals surface area contributed by atoms with Gasteiger partial charge in [0.2, 0.25) is 11.8 Å². The second-order valence-electron chi connectivity index (χ2n) is 8.39. The fraction of sp³-hybridized carbons (Fsp3) is 0.458. The molecule has 178 valence electrons. The van der Waals surface area contributed by atoms with Crippen LogP contribution in [0.15, 0.2) is 36.5 Å². The summed E-state index contributed by atoms with van der Waals surface area (Å²) in [4.78, 5) is 33.1. The number of methoxy groups -OCH3 is 1. The Morgan fingerprint density at radius 2 is 2.12 bits per heavy atom. The highest BCUT2D eigenvalue weighted by molar-refractivity contribution is 5.98. The summed E-state index contributed by atoms with van der Waals surface area (Å²) in [6, 6.07) is 7.37. The van der Waals surface area contributed by atoms with Crippen LogP contribution in [0.5, 0.6) is 5.88 Å². The minimum atomic E-state index is -0.470. The molecule has 2 aromatic rings. The van der Waals surface area contributed by atoms with Gasteiger partial charge in [0.05, 0.1) is 19.2 Å². The van der Waals surface area contributed by atoms with Crippen molar-refractivity contribution in [2.24, 2.45) is 5.92 Å². The lowest BCUT2D eigenvalue weighted by atomic mass is 9.99. The number of hydrogen-bond donors (Lipinski definition) is 1. The van der Waals surface area contributed by atoms with Gasteiger partial charge in [-0.05, 0) is 19.1 Å². The van der Waals surface area contributed by atoms with Gasteiger partial charge in [0.25, 0.3) is 5.91 Å². The monoisotopic (exact) mass is 459 g/mol. The number of amides is 2. The molecular formula is C24H30FN3O5. The fourth-order valence-corrected chi connectivity index (χ4v) is 3.77. The van der Waals surface area contributed by atoms with Crippen LogP contribution in [0.1, 0.15) is 24.2 Å². The summed E-state index contributed by atoms with van der Waals surface area (Å²) in [6.45, 7) is 3.97. The normalized spacial score (nSPS) is 19.2. The number of carbonyl (C=O) groups excluding carboxylic acids is 2. The van der Waals surface area contributed by atoms with Crippen molar-refractivity contribution in [1.82, 2.24) is 14.8 Å². The summed E-state index contributed by atoms with van der Waals surface area (Å²) in [5.74, 6) is -1.04. The summed E-state index contributed by atoms with van der Waals surface area (Å²) in [5, 5.41) is 9.76. The standard InChI is InChI=1S/C24H30FN3O5/c1-15-11-28(16(2)13-29)24(31)19-9-17(18-7-5-6-8-20(18)25)10-26-23(19)33-21(15)12-27(3)22(30)14-32-4/h5-10,15-16,21,29H,11-14H2,1-4H3/t15-,16+,21-/m0/s1. The Kier molecular flexibility index (Phi) is 7.99. The van der Waals surface area contributed by atoms with Crippen LogP contribution in [-0.4, -0.2) is 84.3 Å². The van der Waals surface area contributed by atoms with Crippen molar-refractivity contribution in [3.63, 3.8) is 0 Å². The van der Waals surface area contributed by atoms with Gasteiger partial charge in [-0.25, -0.2) is 9.37 Å². The van der Waals surface area contributed by atoms with Crippen LogP contribution in [0.25, 0.3) is 11.1 Å². The molecule has 9 heteroatoms. The third kappa shape index (κ3) is 5.48. The minimum absolute atomic E-state index is 0.0510. The second kappa shape index (κ2) is 10.7. The van der Waals surface area contributed by atoms with E-state index in [1.54, 1.807) is 43.1 Å². The Morgan fingerprint density at radius 3 is 2.79 bits per heavy atom. The van der Waals surface area contributed by atoms with Crippen molar-refractivity contribution in [3.8, 4) is 17.0 Å². The second-order valence-corrected chi connectivity index (χ2v) is 8.39. The van der Waals surface area contributed by atoms with E-state index in [1.807, 2.05) is 6.92 Å². The van der Waals surface area contributed by atoms with Gasteiger partial charge < -0.3 is 24.4 Å². The smallest absolute Gasteiger partial charge is 0.259 e. The zero-order valence-corrected chi connectivity index (χ0v) is 19.3. The molecule has 0 bridgehead atoms. The molecule has 0 radical (unpaired) electrons. The van der Waals surface area contributed by atoms with Crippen molar-refractivity contribution >= 4 is 11.8 Å². The van der Waals surface area contributed by atoms with Crippen molar-refractivity contribution in [2.75, 3.05) is 40.5 Å². The summed E-state index contributed by atoms with van der Waals surface area (Å²) in [6.07, 6.45) is 0.996. The maximum Gasteiger partial charge on any atom is 0.259 e. The molecule has 0 aliphatic carbocycles. The van der Waals surface area contributed by atoms with Crippen molar-refractivity contribution < 1.29 is 28.6 Å². The Morgan fingerprint density at radius 1 is 1.39 bits per heavy atom. The molecule has 0 saturated heterocycles. The fourth-order valence-electron chi connectivity index (χ4n) is 3.77. The van der Waals surface area contributed by atoms with Crippen LogP contribution in [0.3, 0.4) is 0 Å². The Balaban J connectivity index is 2.02. The summed E-state index contributed by atoms with van der Waals surface area (Å²) in [7, 11) is 3.11. The number of benzene rings is 1. The summed E-state index contributed by atoms with van der Waals surface area (Å²) < 4.78 is 25.4. The van der Waals surface area contributed by atoms with Crippen molar-refractivity contribution in [2.45, 2.75) is 26.0 Å². The highest BCUT2D eigenvalue weighted by atomic mass is 19.1. The molecule has 3 rings (SSSR count). The summed E-state index contributed by atoms with van der Waals surface area (Å²) >= 11 is 0. The van der Waals surface area contributed by atoms with Crippen LogP contribution in [0, 0.1) is 11.7 Å². The average Bonchev–Trinajstić information content (AvgIpc) is 2.81. The van der Waals surface area contributed by atoms with Gasteiger partial charge in [0.15, 0.2) is 0 Å². The van der Waals surface area contributed by atoms with E-state index in [-0.39, 0.29) is 48.9 Å². The Labute approximate surface area is 192 Å². The number of ether oxygens (including phenoxy) is 2. The highest BCUT2D eigenvalue weighted by Gasteiger charge is 2.34. The van der Waals surface area contributed by atoms with Crippen molar-refractivity contribution in [1.29, 1.82) is 0 Å².